The van der Waals surface area contributed by atoms with E-state index in [1.807, 2.05) is 42.0 Å². The van der Waals surface area contributed by atoms with E-state index in [9.17, 15) is 14.4 Å². The van der Waals surface area contributed by atoms with Gasteiger partial charge in [0.05, 0.1) is 18.0 Å². The maximum atomic E-state index is 13.0. The highest BCUT2D eigenvalue weighted by molar-refractivity contribution is 6.39. The first-order valence-electron chi connectivity index (χ1n) is 9.46. The summed E-state index contributed by atoms with van der Waals surface area (Å²) in [5, 5.41) is 2.24. The molecule has 0 saturated carbocycles. The number of urea groups is 1. The van der Waals surface area contributed by atoms with Gasteiger partial charge in [-0.2, -0.15) is 0 Å². The van der Waals surface area contributed by atoms with E-state index in [0.29, 0.717) is 23.7 Å². The van der Waals surface area contributed by atoms with Crippen molar-refractivity contribution in [3.63, 3.8) is 0 Å². The molecule has 30 heavy (non-hydrogen) atoms. The number of barbiturate groups is 1. The molecule has 0 aliphatic carbocycles. The molecular formula is C23H19N3O4. The highest BCUT2D eigenvalue weighted by atomic mass is 16.5. The number of nitrogens with one attached hydrogen (secondary N) is 1. The van der Waals surface area contributed by atoms with Crippen molar-refractivity contribution in [3.8, 4) is 11.4 Å². The van der Waals surface area contributed by atoms with Crippen molar-refractivity contribution >= 4 is 29.6 Å². The molecule has 0 bridgehead atoms. The van der Waals surface area contributed by atoms with Crippen LogP contribution in [0.2, 0.25) is 0 Å². The van der Waals surface area contributed by atoms with Crippen LogP contribution in [0.3, 0.4) is 0 Å². The maximum Gasteiger partial charge on any atom is 0.335 e. The highest BCUT2D eigenvalue weighted by Gasteiger charge is 2.36. The van der Waals surface area contributed by atoms with E-state index < -0.39 is 17.8 Å². The molecule has 3 aromatic rings. The van der Waals surface area contributed by atoms with Gasteiger partial charge in [0.15, 0.2) is 0 Å². The summed E-state index contributed by atoms with van der Waals surface area (Å²) >= 11 is 0. The molecule has 7 heteroatoms. The van der Waals surface area contributed by atoms with Crippen LogP contribution in [0.5, 0.6) is 5.75 Å². The summed E-state index contributed by atoms with van der Waals surface area (Å²) in [5.74, 6) is -0.736. The summed E-state index contributed by atoms with van der Waals surface area (Å²) in [7, 11) is 0. The van der Waals surface area contributed by atoms with Crippen LogP contribution in [0.1, 0.15) is 12.6 Å². The number of para-hydroxylation sites is 3. The number of carbonyl (C=O) groups is 3. The van der Waals surface area contributed by atoms with Crippen molar-refractivity contribution in [2.24, 2.45) is 0 Å². The molecule has 4 rings (SSSR count). The van der Waals surface area contributed by atoms with Crippen LogP contribution in [0.4, 0.5) is 10.5 Å². The van der Waals surface area contributed by atoms with Gasteiger partial charge in [-0.15, -0.1) is 0 Å². The van der Waals surface area contributed by atoms with Gasteiger partial charge < -0.3 is 9.30 Å². The molecule has 1 aliphatic heterocycles. The molecule has 0 spiro atoms. The summed E-state index contributed by atoms with van der Waals surface area (Å²) in [6.07, 6.45) is 3.29. The van der Waals surface area contributed by atoms with Gasteiger partial charge in [-0.25, -0.2) is 9.69 Å². The van der Waals surface area contributed by atoms with E-state index in [2.05, 4.69) is 5.32 Å². The van der Waals surface area contributed by atoms with Crippen LogP contribution < -0.4 is 15.0 Å². The average molecular weight is 401 g/mol. The number of imide groups is 2. The second-order valence-electron chi connectivity index (χ2n) is 6.50. The van der Waals surface area contributed by atoms with Gasteiger partial charge in [0, 0.05) is 11.9 Å². The Morgan fingerprint density at radius 3 is 2.43 bits per heavy atom. The number of aromatic nitrogens is 1. The van der Waals surface area contributed by atoms with Gasteiger partial charge in [0.1, 0.15) is 11.3 Å². The molecule has 0 radical (unpaired) electrons. The fraction of sp³-hybridized carbons (Fsp3) is 0.0870. The summed E-state index contributed by atoms with van der Waals surface area (Å²) in [6.45, 7) is 2.40. The fourth-order valence-electron chi connectivity index (χ4n) is 3.28. The lowest BCUT2D eigenvalue weighted by Gasteiger charge is -2.26. The lowest BCUT2D eigenvalue weighted by molar-refractivity contribution is -0.122. The molecule has 0 unspecified atom stereocenters. The molecule has 150 valence electrons. The number of rotatable bonds is 5. The molecule has 1 aliphatic rings. The fourth-order valence-corrected chi connectivity index (χ4v) is 3.28. The minimum absolute atomic E-state index is 0.132. The predicted molar refractivity (Wildman–Crippen MR) is 112 cm³/mol. The average Bonchev–Trinajstić information content (AvgIpc) is 3.20. The van der Waals surface area contributed by atoms with E-state index >= 15 is 0 Å². The zero-order chi connectivity index (χ0) is 21.1. The first-order valence-corrected chi connectivity index (χ1v) is 9.46. The largest absolute Gasteiger partial charge is 0.492 e. The number of amides is 4. The van der Waals surface area contributed by atoms with Gasteiger partial charge >= 0.3 is 6.03 Å². The van der Waals surface area contributed by atoms with Crippen LogP contribution in [-0.4, -0.2) is 29.0 Å². The maximum absolute atomic E-state index is 13.0. The molecule has 7 nitrogen and oxygen atoms in total. The van der Waals surface area contributed by atoms with Gasteiger partial charge in [-0.05, 0) is 49.4 Å². The Bertz CT molecular complexity index is 1150. The zero-order valence-corrected chi connectivity index (χ0v) is 16.2. The van der Waals surface area contributed by atoms with Crippen molar-refractivity contribution in [3.05, 3.63) is 84.2 Å². The lowest BCUT2D eigenvalue weighted by Crippen LogP contribution is -2.54. The van der Waals surface area contributed by atoms with Crippen molar-refractivity contribution in [1.29, 1.82) is 0 Å². The standard InChI is InChI=1S/C23H19N3O4/c1-2-30-20-13-7-6-12-19(20)25-14-8-11-17(25)15-18-21(27)24-23(29)26(22(18)28)16-9-4-3-5-10-16/h3-15H,2H2,1H3,(H,24,27,29). The highest BCUT2D eigenvalue weighted by Crippen LogP contribution is 2.27. The van der Waals surface area contributed by atoms with Crippen LogP contribution in [0.15, 0.2) is 78.5 Å². The Kier molecular flexibility index (Phi) is 5.17. The number of anilines is 1. The number of benzene rings is 2. The summed E-state index contributed by atoms with van der Waals surface area (Å²) in [5.41, 5.74) is 1.63. The smallest absolute Gasteiger partial charge is 0.335 e. The van der Waals surface area contributed by atoms with Gasteiger partial charge in [-0.1, -0.05) is 30.3 Å². The first kappa shape index (κ1) is 19.2. The predicted octanol–water partition coefficient (Wildman–Crippen LogP) is 3.54. The molecule has 1 aromatic heterocycles. The minimum atomic E-state index is -0.773. The molecule has 0 atom stereocenters. The second kappa shape index (κ2) is 8.08. The van der Waals surface area contributed by atoms with E-state index in [-0.39, 0.29) is 5.57 Å². The van der Waals surface area contributed by atoms with E-state index in [4.69, 9.17) is 4.74 Å². The Hall–Kier alpha value is -4.13. The number of nitrogens with zero attached hydrogens (tertiary/aromatic N) is 2. The van der Waals surface area contributed by atoms with Gasteiger partial charge in [-0.3, -0.25) is 14.9 Å². The van der Waals surface area contributed by atoms with Crippen LogP contribution >= 0.6 is 0 Å². The molecule has 4 amide bonds. The van der Waals surface area contributed by atoms with Crippen molar-refractivity contribution < 1.29 is 19.1 Å². The van der Waals surface area contributed by atoms with Crippen molar-refractivity contribution in [1.82, 2.24) is 9.88 Å². The molecule has 1 saturated heterocycles. The van der Waals surface area contributed by atoms with E-state index in [1.165, 1.54) is 6.08 Å². The summed E-state index contributed by atoms with van der Waals surface area (Å²) in [4.78, 5) is 38.7. The molecule has 2 heterocycles. The Morgan fingerprint density at radius 1 is 0.933 bits per heavy atom. The Balaban J connectivity index is 1.76. The van der Waals surface area contributed by atoms with Crippen LogP contribution in [0, 0.1) is 0 Å². The van der Waals surface area contributed by atoms with Gasteiger partial charge in [0.2, 0.25) is 0 Å². The number of hydrogen-bond acceptors (Lipinski definition) is 4. The quantitative estimate of drug-likeness (QED) is 0.524. The van der Waals surface area contributed by atoms with Crippen molar-refractivity contribution in [2.45, 2.75) is 6.92 Å². The monoisotopic (exact) mass is 401 g/mol. The zero-order valence-electron chi connectivity index (χ0n) is 16.2. The number of carbonyl (C=O) groups excluding carboxylic acids is 3. The number of hydrogen-bond donors (Lipinski definition) is 1. The first-order chi connectivity index (χ1) is 14.6. The molecule has 2 aromatic carbocycles. The van der Waals surface area contributed by atoms with E-state index in [1.54, 1.807) is 42.5 Å². The topological polar surface area (TPSA) is 80.6 Å². The normalized spacial score (nSPS) is 15.4. The molecule has 1 fully saturated rings. The molecule has 1 N–H and O–H groups in total. The van der Waals surface area contributed by atoms with Crippen molar-refractivity contribution in [2.75, 3.05) is 11.5 Å². The van der Waals surface area contributed by atoms with E-state index in [0.717, 1.165) is 10.6 Å². The third kappa shape index (κ3) is 3.48. The number of ether oxygens (including phenoxy) is 1. The Labute approximate surface area is 173 Å². The van der Waals surface area contributed by atoms with Gasteiger partial charge in [0.25, 0.3) is 11.8 Å². The lowest BCUT2D eigenvalue weighted by atomic mass is 10.1. The third-order valence-corrected chi connectivity index (χ3v) is 4.61. The summed E-state index contributed by atoms with van der Waals surface area (Å²) in [6, 6.07) is 18.8. The minimum Gasteiger partial charge on any atom is -0.492 e. The van der Waals surface area contributed by atoms with Crippen LogP contribution in [-0.2, 0) is 9.59 Å². The second-order valence-corrected chi connectivity index (χ2v) is 6.50. The summed E-state index contributed by atoms with van der Waals surface area (Å²) < 4.78 is 7.52. The molecular weight excluding hydrogens is 382 g/mol. The SMILES string of the molecule is CCOc1ccccc1-n1cccc1C=C1C(=O)NC(=O)N(c2ccccc2)C1=O. The van der Waals surface area contributed by atoms with Crippen LogP contribution in [0.25, 0.3) is 11.8 Å². The third-order valence-electron chi connectivity index (χ3n) is 4.61. The Morgan fingerprint density at radius 2 is 1.67 bits per heavy atom.